The topological polar surface area (TPSA) is 110 Å². The molecule has 0 radical (unpaired) electrons. The zero-order valence-corrected chi connectivity index (χ0v) is 27.7. The highest BCUT2D eigenvalue weighted by Crippen LogP contribution is 2.78. The van der Waals surface area contributed by atoms with Crippen molar-refractivity contribution in [3.63, 3.8) is 0 Å². The van der Waals surface area contributed by atoms with E-state index in [1.165, 1.54) is 12.1 Å². The fourth-order valence-electron chi connectivity index (χ4n) is 11.0. The van der Waals surface area contributed by atoms with Crippen molar-refractivity contribution in [2.45, 2.75) is 89.2 Å². The van der Waals surface area contributed by atoms with Gasteiger partial charge >= 0.3 is 6.18 Å². The number of halogens is 3. The van der Waals surface area contributed by atoms with Crippen LogP contribution in [0.2, 0.25) is 0 Å². The number of alkyl halides is 3. The molecule has 0 aliphatic heterocycles. The zero-order chi connectivity index (χ0) is 34.0. The number of hydrogen-bond donors (Lipinski definition) is 4. The Morgan fingerprint density at radius 1 is 1.09 bits per heavy atom. The second-order valence-electron chi connectivity index (χ2n) is 15.6. The molecule has 0 saturated heterocycles. The number of methoxy groups -OCH3 is 1. The Hall–Kier alpha value is -2.08. The quantitative estimate of drug-likeness (QED) is 0.147. The lowest BCUT2D eigenvalue weighted by Gasteiger charge is -2.71. The van der Waals surface area contributed by atoms with Crippen LogP contribution in [0.1, 0.15) is 81.1 Å². The Kier molecular flexibility index (Phi) is 8.92. The van der Waals surface area contributed by atoms with Crippen LogP contribution in [0, 0.1) is 33.5 Å². The molecule has 0 amide bonds. The minimum absolute atomic E-state index is 0.00236. The second-order valence-corrected chi connectivity index (χ2v) is 15.6. The first-order valence-electron chi connectivity index (χ1n) is 17.2. The van der Waals surface area contributed by atoms with Crippen LogP contribution in [0.4, 0.5) is 13.2 Å². The van der Waals surface area contributed by atoms with E-state index in [-0.39, 0.29) is 35.9 Å². The maximum atomic E-state index is 14.6. The largest absolute Gasteiger partial charge is 0.416 e. The zero-order valence-electron chi connectivity index (χ0n) is 27.7. The van der Waals surface area contributed by atoms with Crippen LogP contribution in [0.15, 0.2) is 48.1 Å². The Balaban J connectivity index is 1.44. The molecule has 1 aromatic rings. The van der Waals surface area contributed by atoms with Crippen molar-refractivity contribution in [1.29, 1.82) is 0 Å². The van der Waals surface area contributed by atoms with Crippen LogP contribution in [-0.2, 0) is 10.9 Å². The molecule has 0 aromatic heterocycles. The van der Waals surface area contributed by atoms with Gasteiger partial charge in [0.2, 0.25) is 0 Å². The summed E-state index contributed by atoms with van der Waals surface area (Å²) in [5.74, 6) is -0.572. The molecule has 2 bridgehead atoms. The van der Waals surface area contributed by atoms with E-state index >= 15 is 0 Å². The molecule has 3 saturated carbocycles. The van der Waals surface area contributed by atoms with Gasteiger partial charge in [0.1, 0.15) is 0 Å². The third-order valence-corrected chi connectivity index (χ3v) is 13.4. The van der Waals surface area contributed by atoms with Crippen molar-refractivity contribution >= 4 is 5.78 Å². The van der Waals surface area contributed by atoms with Crippen molar-refractivity contribution in [2.24, 2.45) is 33.5 Å². The maximum Gasteiger partial charge on any atom is 0.416 e. The second kappa shape index (κ2) is 12.1. The molecule has 7 nitrogen and oxygen atoms in total. The molecule has 10 heteroatoms. The maximum absolute atomic E-state index is 14.6. The minimum Gasteiger partial charge on any atom is -0.394 e. The van der Waals surface area contributed by atoms with Crippen LogP contribution in [0.5, 0.6) is 0 Å². The summed E-state index contributed by atoms with van der Waals surface area (Å²) in [6.07, 6.45) is 5.34. The van der Waals surface area contributed by atoms with Crippen LogP contribution in [0.25, 0.3) is 0 Å². The van der Waals surface area contributed by atoms with Gasteiger partial charge in [0.25, 0.3) is 0 Å². The minimum atomic E-state index is -4.59. The van der Waals surface area contributed by atoms with E-state index in [1.54, 1.807) is 7.11 Å². The number of hydrogen-bond acceptors (Lipinski definition) is 7. The number of Topliss-reactive ketones (excluding diaryl/α,β-unsaturated/α-hetero) is 1. The number of aliphatic hydroxyl groups is 4. The molecule has 7 rings (SSSR count). The summed E-state index contributed by atoms with van der Waals surface area (Å²) < 4.78 is 46.6. The number of rotatable bonds is 11. The highest BCUT2D eigenvalue weighted by Gasteiger charge is 2.74. The SMILES string of the molecule is COCCCN(C[C@H](O)CO)C[C@]1(O)CC[C@H]2[C@]34C=C[C@@]5(C=C3C(=O)c3cccc(C(F)(F)F)c3)CC(O)CC[C@]5(C)[C@H]4CC[C@@]21C. The van der Waals surface area contributed by atoms with Gasteiger partial charge in [-0.2, -0.15) is 13.2 Å². The third-order valence-electron chi connectivity index (χ3n) is 13.4. The summed E-state index contributed by atoms with van der Waals surface area (Å²) in [6, 6.07) is 4.67. The van der Waals surface area contributed by atoms with Gasteiger partial charge in [0, 0.05) is 60.7 Å². The number of fused-ring (bicyclic) bond motifs is 1. The molecule has 1 aromatic carbocycles. The molecule has 6 aliphatic rings. The molecule has 1 unspecified atom stereocenters. The molecule has 6 aliphatic carbocycles. The Morgan fingerprint density at radius 2 is 1.79 bits per heavy atom. The Morgan fingerprint density at radius 3 is 2.49 bits per heavy atom. The highest BCUT2D eigenvalue weighted by molar-refractivity contribution is 6.10. The number of aliphatic hydroxyl groups excluding tert-OH is 3. The molecule has 260 valence electrons. The summed E-state index contributed by atoms with van der Waals surface area (Å²) in [6.45, 7) is 5.52. The number of allylic oxidation sites excluding steroid dienone is 4. The first-order chi connectivity index (χ1) is 22.1. The number of ether oxygens (including phenoxy) is 1. The molecule has 4 N–H and O–H groups in total. The van der Waals surface area contributed by atoms with Gasteiger partial charge in [-0.3, -0.25) is 9.69 Å². The van der Waals surface area contributed by atoms with E-state index in [4.69, 9.17) is 4.74 Å². The van der Waals surface area contributed by atoms with E-state index in [1.807, 2.05) is 11.0 Å². The van der Waals surface area contributed by atoms with Gasteiger partial charge < -0.3 is 25.2 Å². The standard InChI is InChI=1S/C37H50F3NO6/c1-32-11-8-26(43)19-34(32)14-15-36(28(20-34)31(45)24-6-4-7-25(18-24)37(38,39)40)29(32)9-12-33(2)30(36)10-13-35(33,46)23-41(16-5-17-47-3)21-27(44)22-42/h4,6-7,14-15,18,20,26-27,29-30,42-44,46H,5,8-13,16-17,19,21-23H2,1-3H3/t26?,27-,29+,30+,32+,33-,34-,35+,36+/m0/s1. The number of ketones is 1. The molecule has 47 heavy (non-hydrogen) atoms. The van der Waals surface area contributed by atoms with Gasteiger partial charge in [0.05, 0.1) is 30.0 Å². The van der Waals surface area contributed by atoms with Gasteiger partial charge in [-0.25, -0.2) is 0 Å². The fraction of sp³-hybridized carbons (Fsp3) is 0.703. The summed E-state index contributed by atoms with van der Waals surface area (Å²) >= 11 is 0. The van der Waals surface area contributed by atoms with E-state index in [9.17, 15) is 38.4 Å². The number of nitrogens with zero attached hydrogens (tertiary/aromatic N) is 1. The molecular weight excluding hydrogens is 611 g/mol. The van der Waals surface area contributed by atoms with Crippen molar-refractivity contribution in [2.75, 3.05) is 40.0 Å². The predicted octanol–water partition coefficient (Wildman–Crippen LogP) is 5.17. The molecular formula is C37H50F3NO6. The summed E-state index contributed by atoms with van der Waals surface area (Å²) in [7, 11) is 1.62. The summed E-state index contributed by atoms with van der Waals surface area (Å²) in [4.78, 5) is 16.6. The van der Waals surface area contributed by atoms with Gasteiger partial charge in [0.15, 0.2) is 5.78 Å². The lowest BCUT2D eigenvalue weighted by atomic mass is 9.32. The lowest BCUT2D eigenvalue weighted by Crippen LogP contribution is -2.67. The van der Waals surface area contributed by atoms with E-state index < -0.39 is 58.2 Å². The van der Waals surface area contributed by atoms with Crippen LogP contribution in [-0.4, -0.2) is 88.9 Å². The average Bonchev–Trinajstić information content (AvgIpc) is 3.30. The highest BCUT2D eigenvalue weighted by atomic mass is 19.4. The lowest BCUT2D eigenvalue weighted by molar-refractivity contribution is -0.177. The molecule has 0 heterocycles. The monoisotopic (exact) mass is 661 g/mol. The normalized spacial score (nSPS) is 39.7. The van der Waals surface area contributed by atoms with Gasteiger partial charge in [-0.1, -0.05) is 44.2 Å². The number of carbonyl (C=O) groups is 1. The predicted molar refractivity (Wildman–Crippen MR) is 170 cm³/mol. The van der Waals surface area contributed by atoms with Crippen molar-refractivity contribution in [3.05, 3.63) is 59.2 Å². The van der Waals surface area contributed by atoms with Crippen LogP contribution in [0.3, 0.4) is 0 Å². The Bertz CT molecular complexity index is 1430. The average molecular weight is 662 g/mol. The van der Waals surface area contributed by atoms with E-state index in [0.29, 0.717) is 57.2 Å². The molecule has 2 spiro atoms. The molecule has 3 fully saturated rings. The fourth-order valence-corrected chi connectivity index (χ4v) is 11.0. The van der Waals surface area contributed by atoms with Gasteiger partial charge in [-0.05, 0) is 80.8 Å². The first kappa shape index (κ1) is 34.8. The van der Waals surface area contributed by atoms with E-state index in [0.717, 1.165) is 25.0 Å². The van der Waals surface area contributed by atoms with Crippen LogP contribution < -0.4 is 0 Å². The summed E-state index contributed by atoms with van der Waals surface area (Å²) in [5, 5.41) is 43.5. The van der Waals surface area contributed by atoms with Gasteiger partial charge in [-0.15, -0.1) is 0 Å². The van der Waals surface area contributed by atoms with Crippen molar-refractivity contribution < 1.29 is 43.1 Å². The smallest absolute Gasteiger partial charge is 0.394 e. The number of benzene rings is 1. The van der Waals surface area contributed by atoms with Crippen molar-refractivity contribution in [1.82, 2.24) is 4.90 Å². The Labute approximate surface area is 275 Å². The van der Waals surface area contributed by atoms with E-state index in [2.05, 4.69) is 26.0 Å². The van der Waals surface area contributed by atoms with Crippen molar-refractivity contribution in [3.8, 4) is 0 Å². The number of carbonyl (C=O) groups excluding carboxylic acids is 1. The third kappa shape index (κ3) is 5.28. The summed E-state index contributed by atoms with van der Waals surface area (Å²) in [5.41, 5.74) is -3.84. The first-order valence-corrected chi connectivity index (χ1v) is 17.2. The molecule has 9 atom stereocenters. The van der Waals surface area contributed by atoms with Crippen LogP contribution >= 0.6 is 0 Å².